The van der Waals surface area contributed by atoms with Crippen molar-refractivity contribution in [1.29, 1.82) is 0 Å². The van der Waals surface area contributed by atoms with Gasteiger partial charge in [0, 0.05) is 45.4 Å². The lowest BCUT2D eigenvalue weighted by atomic mass is 10.2. The van der Waals surface area contributed by atoms with Crippen LogP contribution in [0.25, 0.3) is 0 Å². The topological polar surface area (TPSA) is 133 Å². The average Bonchev–Trinajstić information content (AvgIpc) is 2.73. The van der Waals surface area contributed by atoms with E-state index in [4.69, 9.17) is 4.43 Å². The number of hydrogen-bond acceptors (Lipinski definition) is 8. The van der Waals surface area contributed by atoms with Crippen LogP contribution in [0.4, 0.5) is 5.69 Å². The number of rotatable bonds is 11. The third-order valence-corrected chi connectivity index (χ3v) is 14.8. The van der Waals surface area contributed by atoms with Crippen LogP contribution in [0.5, 0.6) is 0 Å². The molecule has 34 heavy (non-hydrogen) atoms. The molecule has 0 radical (unpaired) electrons. The molecule has 1 aromatic rings. The molecule has 1 aliphatic heterocycles. The van der Waals surface area contributed by atoms with Crippen LogP contribution >= 0.6 is 10.6 Å². The summed E-state index contributed by atoms with van der Waals surface area (Å²) in [6.45, 7) is 12.7. The lowest BCUT2D eigenvalue weighted by molar-refractivity contribution is -0.387. The summed E-state index contributed by atoms with van der Waals surface area (Å²) in [4.78, 5) is 12.5. The van der Waals surface area contributed by atoms with Gasteiger partial charge in [-0.2, -0.15) is 14.9 Å². The first-order valence-electron chi connectivity index (χ1n) is 11.4. The monoisotopic (exact) mass is 537 g/mol. The molecule has 1 aromatic carbocycles. The maximum absolute atomic E-state index is 13.5. The Morgan fingerprint density at radius 2 is 1.76 bits per heavy atom. The fourth-order valence-electron chi connectivity index (χ4n) is 3.34. The molecule has 1 saturated heterocycles. The summed E-state index contributed by atoms with van der Waals surface area (Å²) in [6, 6.07) is 5.39. The van der Waals surface area contributed by atoms with E-state index in [9.17, 15) is 27.6 Å². The van der Waals surface area contributed by atoms with Crippen LogP contribution < -0.4 is 0 Å². The van der Waals surface area contributed by atoms with E-state index in [1.807, 2.05) is 4.90 Å². The maximum Gasteiger partial charge on any atom is 0.289 e. The van der Waals surface area contributed by atoms with Gasteiger partial charge in [0.2, 0.25) is 10.0 Å². The van der Waals surface area contributed by atoms with Crippen LogP contribution in [0.2, 0.25) is 18.1 Å². The number of nitrogens with zero attached hydrogens (tertiary/aromatic N) is 3. The van der Waals surface area contributed by atoms with Crippen molar-refractivity contribution in [3.63, 3.8) is 0 Å². The summed E-state index contributed by atoms with van der Waals surface area (Å²) in [5, 5.41) is 11.5. The molecule has 2 N–H and O–H groups in total. The lowest BCUT2D eigenvalue weighted by Crippen LogP contribution is -2.44. The van der Waals surface area contributed by atoms with E-state index in [0.29, 0.717) is 32.7 Å². The Morgan fingerprint density at radius 1 is 1.18 bits per heavy atom. The quantitative estimate of drug-likeness (QED) is 0.187. The number of para-hydroxylation sites is 1. The molecule has 1 fully saturated rings. The van der Waals surface area contributed by atoms with Crippen LogP contribution in [-0.4, -0.2) is 90.8 Å². The Bertz CT molecular complexity index is 942. The second-order valence-corrected chi connectivity index (χ2v) is 19.3. The molecule has 0 amide bonds. The number of hydrogen-bond donors (Lipinski definition) is 2. The zero-order chi connectivity index (χ0) is 25.8. The minimum absolute atomic E-state index is 0.0360. The van der Waals surface area contributed by atoms with Crippen LogP contribution in [0.3, 0.4) is 0 Å². The van der Waals surface area contributed by atoms with E-state index < -0.39 is 39.5 Å². The molecule has 0 saturated carbocycles. The largest absolute Gasteiger partial charge is 0.417 e. The van der Waals surface area contributed by atoms with Crippen LogP contribution in [-0.2, 0) is 14.4 Å². The summed E-state index contributed by atoms with van der Waals surface area (Å²) < 4.78 is 54.1. The molecule has 196 valence electrons. The zero-order valence-electron chi connectivity index (χ0n) is 20.8. The third kappa shape index (κ3) is 7.72. The zero-order valence-corrected chi connectivity index (χ0v) is 23.4. The molecule has 0 aliphatic carbocycles. The highest BCUT2D eigenvalue weighted by atomic mass is 32.3. The Labute approximate surface area is 206 Å². The predicted octanol–water partition coefficient (Wildman–Crippen LogP) is 4.06. The first-order valence-corrected chi connectivity index (χ1v) is 17.6. The number of benzene rings is 1. The average molecular weight is 538 g/mol. The van der Waals surface area contributed by atoms with Crippen LogP contribution in [0, 0.1) is 10.1 Å². The van der Waals surface area contributed by atoms with Crippen molar-refractivity contribution in [2.24, 2.45) is 0 Å². The van der Waals surface area contributed by atoms with Gasteiger partial charge in [-0.25, -0.2) is 8.42 Å². The van der Waals surface area contributed by atoms with Gasteiger partial charge >= 0.3 is 0 Å². The lowest BCUT2D eigenvalue weighted by Gasteiger charge is -2.41. The fourth-order valence-corrected chi connectivity index (χ4v) is 7.36. The van der Waals surface area contributed by atoms with Gasteiger partial charge in [-0.15, -0.1) is 0 Å². The van der Waals surface area contributed by atoms with Crippen molar-refractivity contribution in [2.45, 2.75) is 50.2 Å². The van der Waals surface area contributed by atoms with Gasteiger partial charge in [0.15, 0.2) is 13.2 Å². The number of nitro groups is 1. The predicted molar refractivity (Wildman–Crippen MR) is 139 cm³/mol. The third-order valence-electron chi connectivity index (χ3n) is 6.64. The van der Waals surface area contributed by atoms with Gasteiger partial charge in [0.25, 0.3) is 5.69 Å². The summed E-state index contributed by atoms with van der Waals surface area (Å²) >= 11 is 0. The minimum atomic E-state index is -4.12. The van der Waals surface area contributed by atoms with Crippen molar-refractivity contribution in [1.82, 2.24) is 9.21 Å². The molecule has 0 spiro atoms. The fraction of sp³-hybridized carbons (Fsp3) is 0.714. The second-order valence-electron chi connectivity index (χ2n) is 10.1. The van der Waals surface area contributed by atoms with E-state index in [-0.39, 0.29) is 34.5 Å². The van der Waals surface area contributed by atoms with E-state index in [2.05, 4.69) is 33.9 Å². The van der Waals surface area contributed by atoms with Crippen LogP contribution in [0.1, 0.15) is 27.2 Å². The molecule has 13 heteroatoms. The summed E-state index contributed by atoms with van der Waals surface area (Å²) in [7, 11) is -8.64. The molecule has 0 aromatic heterocycles. The summed E-state index contributed by atoms with van der Waals surface area (Å²) in [5.74, 6) is 0.536. The number of nitro benzene ring substituents is 1. The highest BCUT2D eigenvalue weighted by Crippen LogP contribution is 2.40. The molecule has 10 nitrogen and oxygen atoms in total. The van der Waals surface area contributed by atoms with Gasteiger partial charge in [-0.1, -0.05) is 32.9 Å². The van der Waals surface area contributed by atoms with Gasteiger partial charge < -0.3 is 4.43 Å². The molecule has 1 aliphatic rings. The Morgan fingerprint density at radius 3 is 2.32 bits per heavy atom. The molecule has 0 atom stereocenters. The highest BCUT2D eigenvalue weighted by Gasteiger charge is 2.37. The van der Waals surface area contributed by atoms with Crippen molar-refractivity contribution in [3.05, 3.63) is 34.4 Å². The van der Waals surface area contributed by atoms with Crippen molar-refractivity contribution in [2.75, 3.05) is 50.8 Å². The molecule has 0 bridgehead atoms. The first-order chi connectivity index (χ1) is 15.6. The van der Waals surface area contributed by atoms with Crippen molar-refractivity contribution in [3.8, 4) is 0 Å². The van der Waals surface area contributed by atoms with E-state index >= 15 is 0 Å². The minimum Gasteiger partial charge on any atom is -0.417 e. The first kappa shape index (κ1) is 29.2. The molecule has 1 heterocycles. The van der Waals surface area contributed by atoms with Gasteiger partial charge in [0.1, 0.15) is 0 Å². The molecular weight excluding hydrogens is 498 g/mol. The van der Waals surface area contributed by atoms with E-state index in [1.54, 1.807) is 0 Å². The van der Waals surface area contributed by atoms with E-state index in [1.165, 1.54) is 28.6 Å². The Hall–Kier alpha value is -1.06. The standard InChI is InChI=1S/C21H39N3O7S2Si/c1-21(2,3)34(4,5)31-16-8-11-23(13-12-22-14-17-32(27,28)18-15-22)33(29,30)20-10-7-6-9-19(20)24(25)26/h6-7,9-10,27-28H,8,11-18H2,1-5H3. The van der Waals surface area contributed by atoms with Crippen LogP contribution in [0.15, 0.2) is 29.2 Å². The summed E-state index contributed by atoms with van der Waals surface area (Å²) in [6.07, 6.45) is 0.465. The second kappa shape index (κ2) is 11.3. The Kier molecular flexibility index (Phi) is 9.72. The highest BCUT2D eigenvalue weighted by molar-refractivity contribution is 8.24. The normalized spacial score (nSPS) is 18.7. The molecular formula is C21H39N3O7S2Si. The van der Waals surface area contributed by atoms with Crippen molar-refractivity contribution < 1.29 is 26.9 Å². The SMILES string of the molecule is CC(C)(C)[Si](C)(C)OCCCN(CCN1CCS(O)(O)CC1)S(=O)(=O)c1ccccc1[N+](=O)[O-]. The smallest absolute Gasteiger partial charge is 0.289 e. The molecule has 2 rings (SSSR count). The van der Waals surface area contributed by atoms with Gasteiger partial charge in [-0.05, 0) is 30.6 Å². The van der Waals surface area contributed by atoms with Crippen molar-refractivity contribution >= 4 is 34.6 Å². The maximum atomic E-state index is 13.5. The summed E-state index contributed by atoms with van der Waals surface area (Å²) in [5.41, 5.74) is -0.447. The number of sulfonamides is 1. The Balaban J connectivity index is 2.16. The van der Waals surface area contributed by atoms with Gasteiger partial charge in [-0.3, -0.25) is 24.1 Å². The van der Waals surface area contributed by atoms with Gasteiger partial charge in [0.05, 0.1) is 16.4 Å². The molecule has 0 unspecified atom stereocenters. The van der Waals surface area contributed by atoms with E-state index in [0.717, 1.165) is 0 Å².